The van der Waals surface area contributed by atoms with Crippen molar-refractivity contribution in [2.75, 3.05) is 14.2 Å². The highest BCUT2D eigenvalue weighted by molar-refractivity contribution is 5.70. The normalized spacial score (nSPS) is 10.4. The molecule has 2 heterocycles. The smallest absolute Gasteiger partial charge is 0.153 e. The van der Waals surface area contributed by atoms with Crippen molar-refractivity contribution >= 4 is 0 Å². The summed E-state index contributed by atoms with van der Waals surface area (Å²) in [5, 5.41) is 4.35. The van der Waals surface area contributed by atoms with Crippen LogP contribution in [0.25, 0.3) is 17.1 Å². The fraction of sp³-hybridized carbons (Fsp3) is 0.125. The molecule has 0 saturated heterocycles. The van der Waals surface area contributed by atoms with E-state index in [1.165, 1.54) is 0 Å². The van der Waals surface area contributed by atoms with Crippen LogP contribution in [-0.2, 0) is 0 Å². The molecule has 5 nitrogen and oxygen atoms in total. The third-order valence-corrected chi connectivity index (χ3v) is 3.19. The Hall–Kier alpha value is -2.82. The first kappa shape index (κ1) is 13.2. The van der Waals surface area contributed by atoms with Crippen LogP contribution < -0.4 is 9.47 Å². The number of nitrogens with zero attached hydrogens (tertiary/aromatic N) is 3. The molecule has 0 saturated carbocycles. The van der Waals surface area contributed by atoms with Crippen LogP contribution in [0.3, 0.4) is 0 Å². The number of pyridine rings is 1. The summed E-state index contributed by atoms with van der Waals surface area (Å²) in [6.45, 7) is 0. The van der Waals surface area contributed by atoms with Gasteiger partial charge in [0.1, 0.15) is 11.5 Å². The zero-order valence-electron chi connectivity index (χ0n) is 11.9. The molecule has 0 radical (unpaired) electrons. The lowest BCUT2D eigenvalue weighted by atomic mass is 10.1. The van der Waals surface area contributed by atoms with Crippen molar-refractivity contribution in [3.05, 3.63) is 54.9 Å². The lowest BCUT2D eigenvalue weighted by Gasteiger charge is -2.12. The van der Waals surface area contributed by atoms with E-state index in [4.69, 9.17) is 9.47 Å². The zero-order valence-corrected chi connectivity index (χ0v) is 11.9. The van der Waals surface area contributed by atoms with Crippen LogP contribution in [0.15, 0.2) is 54.9 Å². The Labute approximate surface area is 122 Å². The molecule has 0 aliphatic carbocycles. The Morgan fingerprint density at radius 3 is 2.57 bits per heavy atom. The molecule has 0 spiro atoms. The Morgan fingerprint density at radius 2 is 1.86 bits per heavy atom. The van der Waals surface area contributed by atoms with E-state index in [-0.39, 0.29) is 0 Å². The van der Waals surface area contributed by atoms with Gasteiger partial charge >= 0.3 is 0 Å². The fourth-order valence-corrected chi connectivity index (χ4v) is 2.18. The fourth-order valence-electron chi connectivity index (χ4n) is 2.18. The van der Waals surface area contributed by atoms with Gasteiger partial charge in [0.15, 0.2) is 5.82 Å². The molecule has 0 N–H and O–H groups in total. The molecule has 0 aliphatic rings. The second kappa shape index (κ2) is 5.66. The highest BCUT2D eigenvalue weighted by Crippen LogP contribution is 2.33. The van der Waals surface area contributed by atoms with Crippen molar-refractivity contribution in [1.29, 1.82) is 0 Å². The maximum absolute atomic E-state index is 5.46. The van der Waals surface area contributed by atoms with Crippen LogP contribution in [0.1, 0.15) is 0 Å². The highest BCUT2D eigenvalue weighted by Gasteiger charge is 2.13. The molecule has 0 unspecified atom stereocenters. The minimum absolute atomic E-state index is 0.729. The van der Waals surface area contributed by atoms with Gasteiger partial charge in [0.05, 0.1) is 26.1 Å². The van der Waals surface area contributed by atoms with E-state index in [1.807, 2.05) is 42.5 Å². The Kier molecular flexibility index (Phi) is 3.55. The van der Waals surface area contributed by atoms with Gasteiger partial charge in [-0.3, -0.25) is 0 Å². The molecule has 0 atom stereocenters. The van der Waals surface area contributed by atoms with Gasteiger partial charge < -0.3 is 9.47 Å². The number of aromatic nitrogens is 3. The number of hydrogen-bond donors (Lipinski definition) is 0. The molecule has 1 aromatic carbocycles. The number of ether oxygens (including phenoxy) is 2. The quantitative estimate of drug-likeness (QED) is 0.737. The summed E-state index contributed by atoms with van der Waals surface area (Å²) >= 11 is 0. The lowest BCUT2D eigenvalue weighted by Crippen LogP contribution is -2.02. The molecular weight excluding hydrogens is 266 g/mol. The monoisotopic (exact) mass is 281 g/mol. The van der Waals surface area contributed by atoms with E-state index in [0.29, 0.717) is 0 Å². The first-order chi connectivity index (χ1) is 10.3. The molecule has 106 valence electrons. The minimum atomic E-state index is 0.729. The van der Waals surface area contributed by atoms with Gasteiger partial charge in [-0.2, -0.15) is 5.10 Å². The topological polar surface area (TPSA) is 49.2 Å². The predicted molar refractivity (Wildman–Crippen MR) is 79.9 cm³/mol. The van der Waals surface area contributed by atoms with Gasteiger partial charge in [-0.25, -0.2) is 9.67 Å². The Bertz CT molecular complexity index is 738. The standard InChI is InChI=1S/C16H15N3O2/c1-20-12-6-7-13(15(11-12)21-2)14-8-10-18-19(14)16-5-3-4-9-17-16/h3-11H,1-2H3. The summed E-state index contributed by atoms with van der Waals surface area (Å²) in [5.41, 5.74) is 1.84. The van der Waals surface area contributed by atoms with Crippen LogP contribution in [0, 0.1) is 0 Å². The summed E-state index contributed by atoms with van der Waals surface area (Å²) < 4.78 is 12.5. The number of hydrogen-bond acceptors (Lipinski definition) is 4. The maximum Gasteiger partial charge on any atom is 0.153 e. The van der Waals surface area contributed by atoms with Crippen LogP contribution in [-0.4, -0.2) is 29.0 Å². The molecule has 0 fully saturated rings. The average molecular weight is 281 g/mol. The Balaban J connectivity index is 2.12. The van der Waals surface area contributed by atoms with E-state index in [1.54, 1.807) is 31.3 Å². The van der Waals surface area contributed by atoms with Crippen molar-refractivity contribution in [3.63, 3.8) is 0 Å². The van der Waals surface area contributed by atoms with Gasteiger partial charge in [0.25, 0.3) is 0 Å². The molecule has 0 bridgehead atoms. The van der Waals surface area contributed by atoms with Crippen LogP contribution in [0.4, 0.5) is 0 Å². The van der Waals surface area contributed by atoms with E-state index in [0.717, 1.165) is 28.6 Å². The second-order valence-corrected chi connectivity index (χ2v) is 4.38. The van der Waals surface area contributed by atoms with Gasteiger partial charge in [0.2, 0.25) is 0 Å². The SMILES string of the molecule is COc1ccc(-c2ccnn2-c2ccccn2)c(OC)c1. The zero-order chi connectivity index (χ0) is 14.7. The second-order valence-electron chi connectivity index (χ2n) is 4.38. The first-order valence-corrected chi connectivity index (χ1v) is 6.51. The number of methoxy groups -OCH3 is 2. The molecule has 0 aliphatic heterocycles. The molecule has 2 aromatic heterocycles. The van der Waals surface area contributed by atoms with E-state index in [9.17, 15) is 0 Å². The van der Waals surface area contributed by atoms with Gasteiger partial charge in [0, 0.05) is 17.8 Å². The highest BCUT2D eigenvalue weighted by atomic mass is 16.5. The predicted octanol–water partition coefficient (Wildman–Crippen LogP) is 2.95. The summed E-state index contributed by atoms with van der Waals surface area (Å²) in [5.74, 6) is 2.24. The molecule has 21 heavy (non-hydrogen) atoms. The molecule has 3 aromatic rings. The van der Waals surface area contributed by atoms with E-state index < -0.39 is 0 Å². The van der Waals surface area contributed by atoms with Crippen molar-refractivity contribution < 1.29 is 9.47 Å². The summed E-state index contributed by atoms with van der Waals surface area (Å²) in [6, 6.07) is 13.3. The molecule has 0 amide bonds. The summed E-state index contributed by atoms with van der Waals surface area (Å²) in [4.78, 5) is 4.33. The molecule has 3 rings (SSSR count). The van der Waals surface area contributed by atoms with E-state index in [2.05, 4.69) is 10.1 Å². The maximum atomic E-state index is 5.46. The first-order valence-electron chi connectivity index (χ1n) is 6.51. The van der Waals surface area contributed by atoms with Crippen LogP contribution >= 0.6 is 0 Å². The minimum Gasteiger partial charge on any atom is -0.497 e. The Morgan fingerprint density at radius 1 is 0.952 bits per heavy atom. The number of benzene rings is 1. The summed E-state index contributed by atoms with van der Waals surface area (Å²) in [6.07, 6.45) is 3.49. The largest absolute Gasteiger partial charge is 0.497 e. The van der Waals surface area contributed by atoms with Crippen molar-refractivity contribution in [2.24, 2.45) is 0 Å². The van der Waals surface area contributed by atoms with E-state index >= 15 is 0 Å². The van der Waals surface area contributed by atoms with Gasteiger partial charge in [-0.1, -0.05) is 6.07 Å². The van der Waals surface area contributed by atoms with Gasteiger partial charge in [-0.05, 0) is 30.3 Å². The lowest BCUT2D eigenvalue weighted by molar-refractivity contribution is 0.395. The number of rotatable bonds is 4. The molecular formula is C16H15N3O2. The van der Waals surface area contributed by atoms with Crippen LogP contribution in [0.2, 0.25) is 0 Å². The summed E-state index contributed by atoms with van der Waals surface area (Å²) in [7, 11) is 3.27. The van der Waals surface area contributed by atoms with Crippen molar-refractivity contribution in [3.8, 4) is 28.6 Å². The van der Waals surface area contributed by atoms with Gasteiger partial charge in [-0.15, -0.1) is 0 Å². The third-order valence-electron chi connectivity index (χ3n) is 3.19. The average Bonchev–Trinajstić information content (AvgIpc) is 3.04. The van der Waals surface area contributed by atoms with Crippen molar-refractivity contribution in [1.82, 2.24) is 14.8 Å². The van der Waals surface area contributed by atoms with Crippen LogP contribution in [0.5, 0.6) is 11.5 Å². The third kappa shape index (κ3) is 2.45. The van der Waals surface area contributed by atoms with Crippen molar-refractivity contribution in [2.45, 2.75) is 0 Å². The molecule has 5 heteroatoms.